The Bertz CT molecular complexity index is 998. The highest BCUT2D eigenvalue weighted by molar-refractivity contribution is 9.10. The zero-order valence-electron chi connectivity index (χ0n) is 14.8. The molecular weight excluding hydrogens is 429 g/mol. The molecule has 1 saturated heterocycles. The van der Waals surface area contributed by atoms with Gasteiger partial charge in [0.2, 0.25) is 5.91 Å². The molecule has 0 bridgehead atoms. The molecule has 1 N–H and O–H groups in total. The lowest BCUT2D eigenvalue weighted by atomic mass is 9.96. The normalized spacial score (nSPS) is 15.3. The Morgan fingerprint density at radius 3 is 2.78 bits per heavy atom. The van der Waals surface area contributed by atoms with Crippen LogP contribution in [0.25, 0.3) is 10.2 Å². The minimum absolute atomic E-state index is 0.0173. The molecule has 0 saturated carbocycles. The van der Waals surface area contributed by atoms with E-state index in [2.05, 4.69) is 31.1 Å². The first kappa shape index (κ1) is 18.4. The summed E-state index contributed by atoms with van der Waals surface area (Å²) in [7, 11) is 0. The summed E-state index contributed by atoms with van der Waals surface area (Å²) >= 11 is 4.97. The minimum atomic E-state index is -0.283. The van der Waals surface area contributed by atoms with Crippen molar-refractivity contribution >= 4 is 54.2 Å². The molecule has 1 aliphatic heterocycles. The number of piperidine rings is 1. The van der Waals surface area contributed by atoms with Crippen LogP contribution in [0.15, 0.2) is 40.9 Å². The number of amides is 1. The number of hydrogen-bond acceptors (Lipinski definition) is 4. The molecule has 7 heteroatoms. The maximum atomic E-state index is 13.9. The predicted octanol–water partition coefficient (Wildman–Crippen LogP) is 5.36. The van der Waals surface area contributed by atoms with Gasteiger partial charge in [0.1, 0.15) is 11.3 Å². The first-order valence-corrected chi connectivity index (χ1v) is 10.5. The first-order valence-electron chi connectivity index (χ1n) is 8.88. The number of carbonyl (C=O) groups is 1. The molecule has 0 radical (unpaired) electrons. The quantitative estimate of drug-likeness (QED) is 0.587. The number of fused-ring (bicyclic) bond motifs is 1. The summed E-state index contributed by atoms with van der Waals surface area (Å²) in [6, 6.07) is 10.8. The molecule has 1 amide bonds. The van der Waals surface area contributed by atoms with E-state index in [0.29, 0.717) is 5.52 Å². The standard InChI is InChI=1S/C20H19BrFN3OS/c1-12-11-14(5-6-15(12)21)23-19(26)13-7-9-25(10-8-13)20-24-18-16(22)3-2-4-17(18)27-20/h2-6,11,13H,7-10H2,1H3,(H,23,26). The smallest absolute Gasteiger partial charge is 0.227 e. The highest BCUT2D eigenvalue weighted by Gasteiger charge is 2.26. The van der Waals surface area contributed by atoms with Crippen molar-refractivity contribution in [3.05, 3.63) is 52.3 Å². The zero-order valence-corrected chi connectivity index (χ0v) is 17.2. The van der Waals surface area contributed by atoms with Gasteiger partial charge in [-0.25, -0.2) is 9.37 Å². The van der Waals surface area contributed by atoms with Crippen molar-refractivity contribution in [2.45, 2.75) is 19.8 Å². The molecule has 1 aromatic heterocycles. The van der Waals surface area contributed by atoms with Crippen LogP contribution in [0.5, 0.6) is 0 Å². The van der Waals surface area contributed by atoms with E-state index in [1.165, 1.54) is 17.4 Å². The van der Waals surface area contributed by atoms with Gasteiger partial charge in [-0.15, -0.1) is 0 Å². The van der Waals surface area contributed by atoms with Crippen molar-refractivity contribution < 1.29 is 9.18 Å². The molecule has 1 aliphatic rings. The molecule has 3 aromatic rings. The van der Waals surface area contributed by atoms with Crippen molar-refractivity contribution in [2.24, 2.45) is 5.92 Å². The summed E-state index contributed by atoms with van der Waals surface area (Å²) < 4.78 is 15.8. The van der Waals surface area contributed by atoms with Crippen molar-refractivity contribution in [1.29, 1.82) is 0 Å². The van der Waals surface area contributed by atoms with Gasteiger partial charge in [-0.1, -0.05) is 33.3 Å². The van der Waals surface area contributed by atoms with Crippen LogP contribution in [0.4, 0.5) is 15.2 Å². The van der Waals surface area contributed by atoms with Crippen LogP contribution in [0.3, 0.4) is 0 Å². The molecule has 2 heterocycles. The molecule has 0 atom stereocenters. The van der Waals surface area contributed by atoms with Gasteiger partial charge in [0.15, 0.2) is 5.13 Å². The molecular formula is C20H19BrFN3OS. The molecule has 2 aromatic carbocycles. The van der Waals surface area contributed by atoms with Crippen LogP contribution >= 0.6 is 27.3 Å². The summed E-state index contributed by atoms with van der Waals surface area (Å²) in [6.45, 7) is 3.50. The second kappa shape index (κ2) is 7.56. The number of thiazole rings is 1. The molecule has 1 fully saturated rings. The van der Waals surface area contributed by atoms with Gasteiger partial charge in [-0.3, -0.25) is 4.79 Å². The summed E-state index contributed by atoms with van der Waals surface area (Å²) in [5.74, 6) is -0.239. The van der Waals surface area contributed by atoms with Crippen molar-refractivity contribution in [1.82, 2.24) is 4.98 Å². The molecule has 4 nitrogen and oxygen atoms in total. The van der Waals surface area contributed by atoms with Crippen molar-refractivity contribution in [3.63, 3.8) is 0 Å². The Morgan fingerprint density at radius 1 is 1.30 bits per heavy atom. The largest absolute Gasteiger partial charge is 0.348 e. The van der Waals surface area contributed by atoms with Crippen LogP contribution in [0.1, 0.15) is 18.4 Å². The van der Waals surface area contributed by atoms with E-state index in [9.17, 15) is 9.18 Å². The Hall–Kier alpha value is -1.99. The predicted molar refractivity (Wildman–Crippen MR) is 112 cm³/mol. The number of nitrogens with one attached hydrogen (secondary N) is 1. The van der Waals surface area contributed by atoms with Crippen LogP contribution in [0, 0.1) is 18.7 Å². The lowest BCUT2D eigenvalue weighted by Crippen LogP contribution is -2.38. The number of rotatable bonds is 3. The van der Waals surface area contributed by atoms with Gasteiger partial charge >= 0.3 is 0 Å². The molecule has 27 heavy (non-hydrogen) atoms. The first-order chi connectivity index (χ1) is 13.0. The second-order valence-electron chi connectivity index (χ2n) is 6.80. The minimum Gasteiger partial charge on any atom is -0.348 e. The molecule has 140 valence electrons. The van der Waals surface area contributed by atoms with E-state index in [1.54, 1.807) is 6.07 Å². The van der Waals surface area contributed by atoms with Gasteiger partial charge in [0.05, 0.1) is 4.70 Å². The summed E-state index contributed by atoms with van der Waals surface area (Å²) in [5.41, 5.74) is 2.35. The maximum absolute atomic E-state index is 13.9. The summed E-state index contributed by atoms with van der Waals surface area (Å²) in [5, 5.41) is 3.85. The maximum Gasteiger partial charge on any atom is 0.227 e. The van der Waals surface area contributed by atoms with Gasteiger partial charge in [0, 0.05) is 29.2 Å². The molecule has 4 rings (SSSR count). The molecule has 0 unspecified atom stereocenters. The van der Waals surface area contributed by atoms with Crippen LogP contribution in [-0.4, -0.2) is 24.0 Å². The number of aromatic nitrogens is 1. The third-order valence-electron chi connectivity index (χ3n) is 4.92. The lowest BCUT2D eigenvalue weighted by Gasteiger charge is -2.31. The Labute approximate surface area is 169 Å². The van der Waals surface area contributed by atoms with Gasteiger partial charge < -0.3 is 10.2 Å². The van der Waals surface area contributed by atoms with E-state index in [4.69, 9.17) is 0 Å². The SMILES string of the molecule is Cc1cc(NC(=O)C2CCN(c3nc4c(F)cccc4s3)CC2)ccc1Br. The zero-order chi connectivity index (χ0) is 19.0. The third kappa shape index (κ3) is 3.84. The van der Waals surface area contributed by atoms with Crippen molar-refractivity contribution in [3.8, 4) is 0 Å². The number of carbonyl (C=O) groups excluding carboxylic acids is 1. The van der Waals surface area contributed by atoms with E-state index in [0.717, 1.165) is 51.5 Å². The van der Waals surface area contributed by atoms with E-state index < -0.39 is 0 Å². The number of benzene rings is 2. The summed E-state index contributed by atoms with van der Waals surface area (Å²) in [4.78, 5) is 19.2. The van der Waals surface area contributed by atoms with E-state index in [-0.39, 0.29) is 17.6 Å². The fourth-order valence-corrected chi connectivity index (χ4v) is 4.62. The van der Waals surface area contributed by atoms with Gasteiger partial charge in [0.25, 0.3) is 0 Å². The summed E-state index contributed by atoms with van der Waals surface area (Å²) in [6.07, 6.45) is 1.53. The van der Waals surface area contributed by atoms with Gasteiger partial charge in [-0.05, 0) is 55.7 Å². The second-order valence-corrected chi connectivity index (χ2v) is 8.66. The van der Waals surface area contributed by atoms with E-state index in [1.807, 2.05) is 31.2 Å². The monoisotopic (exact) mass is 447 g/mol. The Morgan fingerprint density at radius 2 is 2.07 bits per heavy atom. The third-order valence-corrected chi connectivity index (χ3v) is 6.89. The highest BCUT2D eigenvalue weighted by atomic mass is 79.9. The number of para-hydroxylation sites is 1. The number of hydrogen-bond donors (Lipinski definition) is 1. The van der Waals surface area contributed by atoms with Crippen LogP contribution in [-0.2, 0) is 4.79 Å². The lowest BCUT2D eigenvalue weighted by molar-refractivity contribution is -0.120. The average molecular weight is 448 g/mol. The fourth-order valence-electron chi connectivity index (χ4n) is 3.34. The highest BCUT2D eigenvalue weighted by Crippen LogP contribution is 2.33. The average Bonchev–Trinajstić information content (AvgIpc) is 3.11. The van der Waals surface area contributed by atoms with Crippen LogP contribution < -0.4 is 10.2 Å². The molecule has 0 aliphatic carbocycles. The fraction of sp³-hybridized carbons (Fsp3) is 0.300. The number of anilines is 2. The topological polar surface area (TPSA) is 45.2 Å². The van der Waals surface area contributed by atoms with Crippen molar-refractivity contribution in [2.75, 3.05) is 23.3 Å². The Balaban J connectivity index is 1.39. The van der Waals surface area contributed by atoms with E-state index >= 15 is 0 Å². The van der Waals surface area contributed by atoms with Crippen LogP contribution in [0.2, 0.25) is 0 Å². The number of nitrogens with zero attached hydrogens (tertiary/aromatic N) is 2. The van der Waals surface area contributed by atoms with Gasteiger partial charge in [-0.2, -0.15) is 0 Å². The Kier molecular flexibility index (Phi) is 5.14. The molecule has 0 spiro atoms. The number of halogens is 2. The number of aryl methyl sites for hydroxylation is 1.